The van der Waals surface area contributed by atoms with E-state index in [9.17, 15) is 9.59 Å². The van der Waals surface area contributed by atoms with Crippen LogP contribution in [0.2, 0.25) is 0 Å². The average molecular weight is 227 g/mol. The van der Waals surface area contributed by atoms with Crippen molar-refractivity contribution >= 4 is 11.8 Å². The first kappa shape index (κ1) is 13.2. The fourth-order valence-corrected chi connectivity index (χ4v) is 2.14. The Labute approximate surface area is 96.9 Å². The number of rotatable bonds is 4. The van der Waals surface area contributed by atoms with Gasteiger partial charge in [0.2, 0.25) is 0 Å². The fraction of sp³-hybridized carbons (Fsp3) is 0.833. The van der Waals surface area contributed by atoms with Crippen LogP contribution in [0.5, 0.6) is 0 Å². The summed E-state index contributed by atoms with van der Waals surface area (Å²) in [7, 11) is 1.41. The molecule has 0 radical (unpaired) electrons. The Morgan fingerprint density at radius 2 is 2.31 bits per heavy atom. The minimum atomic E-state index is -0.183. The lowest BCUT2D eigenvalue weighted by Gasteiger charge is -2.35. The molecule has 1 saturated heterocycles. The number of carbonyl (C=O) groups is 2. The molecule has 1 rings (SSSR count). The molecule has 4 nitrogen and oxygen atoms in total. The van der Waals surface area contributed by atoms with Crippen LogP contribution in [-0.4, -0.2) is 42.9 Å². The zero-order chi connectivity index (χ0) is 12.1. The van der Waals surface area contributed by atoms with E-state index in [0.717, 1.165) is 19.5 Å². The number of esters is 1. The molecule has 92 valence electrons. The number of carbonyl (C=O) groups excluding carboxylic acids is 2. The zero-order valence-electron chi connectivity index (χ0n) is 10.4. The molecule has 0 saturated carbocycles. The van der Waals surface area contributed by atoms with Gasteiger partial charge in [0.15, 0.2) is 0 Å². The molecular formula is C12H21NO3. The predicted octanol–water partition coefficient (Wildman–Crippen LogP) is 1.24. The molecule has 1 heterocycles. The first-order valence-electron chi connectivity index (χ1n) is 5.92. The van der Waals surface area contributed by atoms with Crippen LogP contribution >= 0.6 is 0 Å². The number of hydrogen-bond donors (Lipinski definition) is 0. The van der Waals surface area contributed by atoms with Crippen molar-refractivity contribution in [3.63, 3.8) is 0 Å². The van der Waals surface area contributed by atoms with Crippen LogP contribution in [0.4, 0.5) is 0 Å². The summed E-state index contributed by atoms with van der Waals surface area (Å²) >= 11 is 0. The normalized spacial score (nSPS) is 24.2. The van der Waals surface area contributed by atoms with Crippen molar-refractivity contribution in [2.45, 2.75) is 39.2 Å². The van der Waals surface area contributed by atoms with Crippen molar-refractivity contribution < 1.29 is 14.3 Å². The van der Waals surface area contributed by atoms with E-state index in [0.29, 0.717) is 18.6 Å². The Morgan fingerprint density at radius 3 is 2.88 bits per heavy atom. The van der Waals surface area contributed by atoms with E-state index in [1.807, 2.05) is 13.8 Å². The van der Waals surface area contributed by atoms with Crippen LogP contribution in [0, 0.1) is 5.92 Å². The summed E-state index contributed by atoms with van der Waals surface area (Å²) in [4.78, 5) is 24.9. The van der Waals surface area contributed by atoms with Crippen LogP contribution in [0.25, 0.3) is 0 Å². The van der Waals surface area contributed by atoms with E-state index in [1.54, 1.807) is 0 Å². The number of Topliss-reactive ketones (excluding diaryl/α,β-unsaturated/α-hetero) is 1. The number of likely N-dealkylation sites (tertiary alicyclic amines) is 1. The molecule has 1 fully saturated rings. The van der Waals surface area contributed by atoms with E-state index in [1.165, 1.54) is 7.11 Å². The highest BCUT2D eigenvalue weighted by molar-refractivity contribution is 5.82. The highest BCUT2D eigenvalue weighted by Crippen LogP contribution is 2.19. The predicted molar refractivity (Wildman–Crippen MR) is 61.1 cm³/mol. The number of methoxy groups -OCH3 is 1. The van der Waals surface area contributed by atoms with Crippen LogP contribution in [0.15, 0.2) is 0 Å². The molecular weight excluding hydrogens is 206 g/mol. The summed E-state index contributed by atoms with van der Waals surface area (Å²) in [5, 5.41) is 0. The molecule has 0 amide bonds. The summed E-state index contributed by atoms with van der Waals surface area (Å²) in [5.74, 6) is 0.329. The lowest BCUT2D eigenvalue weighted by Crippen LogP contribution is -2.45. The highest BCUT2D eigenvalue weighted by atomic mass is 16.5. The van der Waals surface area contributed by atoms with Crippen LogP contribution in [0.1, 0.15) is 33.1 Å². The maximum atomic E-state index is 11.6. The maximum absolute atomic E-state index is 11.6. The highest BCUT2D eigenvalue weighted by Gasteiger charge is 2.29. The topological polar surface area (TPSA) is 46.6 Å². The second-order valence-electron chi connectivity index (χ2n) is 4.45. The molecule has 0 spiro atoms. The largest absolute Gasteiger partial charge is 0.469 e. The van der Waals surface area contributed by atoms with Gasteiger partial charge in [0.25, 0.3) is 0 Å². The molecule has 0 aromatic rings. The smallest absolute Gasteiger partial charge is 0.307 e. The van der Waals surface area contributed by atoms with Gasteiger partial charge < -0.3 is 4.74 Å². The minimum Gasteiger partial charge on any atom is -0.469 e. The average Bonchev–Trinajstić information content (AvgIpc) is 2.29. The minimum absolute atomic E-state index is 0.147. The Balaban J connectivity index is 2.48. The lowest BCUT2D eigenvalue weighted by atomic mass is 9.93. The molecule has 1 aliphatic heterocycles. The third-order valence-corrected chi connectivity index (χ3v) is 3.36. The van der Waals surface area contributed by atoms with E-state index in [2.05, 4.69) is 9.64 Å². The first-order valence-corrected chi connectivity index (χ1v) is 5.92. The Kier molecular flexibility index (Phi) is 4.93. The molecule has 2 unspecified atom stereocenters. The van der Waals surface area contributed by atoms with E-state index < -0.39 is 0 Å². The molecule has 0 aromatic carbocycles. The van der Waals surface area contributed by atoms with Crippen molar-refractivity contribution in [1.29, 1.82) is 0 Å². The Hall–Kier alpha value is -0.900. The molecule has 16 heavy (non-hydrogen) atoms. The van der Waals surface area contributed by atoms with E-state index >= 15 is 0 Å². The molecule has 0 N–H and O–H groups in total. The number of ether oxygens (including phenoxy) is 1. The van der Waals surface area contributed by atoms with Crippen molar-refractivity contribution in [2.75, 3.05) is 20.2 Å². The SMILES string of the molecule is CCC1CN(C(C)CC(=O)OC)CCC1=O. The van der Waals surface area contributed by atoms with Gasteiger partial charge in [0.05, 0.1) is 13.5 Å². The van der Waals surface area contributed by atoms with Gasteiger partial charge >= 0.3 is 5.97 Å². The van der Waals surface area contributed by atoms with Gasteiger partial charge in [-0.25, -0.2) is 0 Å². The van der Waals surface area contributed by atoms with Gasteiger partial charge in [-0.1, -0.05) is 6.92 Å². The van der Waals surface area contributed by atoms with Gasteiger partial charge in [-0.3, -0.25) is 14.5 Å². The molecule has 2 atom stereocenters. The molecule has 1 aliphatic rings. The quantitative estimate of drug-likeness (QED) is 0.678. The van der Waals surface area contributed by atoms with Crippen molar-refractivity contribution in [1.82, 2.24) is 4.90 Å². The second-order valence-corrected chi connectivity index (χ2v) is 4.45. The van der Waals surface area contributed by atoms with Gasteiger partial charge in [-0.15, -0.1) is 0 Å². The van der Waals surface area contributed by atoms with Crippen molar-refractivity contribution in [3.8, 4) is 0 Å². The maximum Gasteiger partial charge on any atom is 0.307 e. The molecule has 4 heteroatoms. The van der Waals surface area contributed by atoms with Gasteiger partial charge in [-0.05, 0) is 13.3 Å². The van der Waals surface area contributed by atoms with Crippen LogP contribution in [0.3, 0.4) is 0 Å². The summed E-state index contributed by atoms with van der Waals surface area (Å²) in [6.45, 7) is 5.61. The summed E-state index contributed by atoms with van der Waals surface area (Å²) in [5.41, 5.74) is 0. The van der Waals surface area contributed by atoms with Crippen molar-refractivity contribution in [2.24, 2.45) is 5.92 Å². The molecule has 0 bridgehead atoms. The number of hydrogen-bond acceptors (Lipinski definition) is 4. The second kappa shape index (κ2) is 5.99. The molecule has 0 aromatic heterocycles. The monoisotopic (exact) mass is 227 g/mol. The first-order chi connectivity index (χ1) is 7.58. The van der Waals surface area contributed by atoms with Crippen LogP contribution < -0.4 is 0 Å². The Morgan fingerprint density at radius 1 is 1.62 bits per heavy atom. The summed E-state index contributed by atoms with van der Waals surface area (Å²) in [6, 6.07) is 0.162. The van der Waals surface area contributed by atoms with Crippen LogP contribution in [-0.2, 0) is 14.3 Å². The number of piperidine rings is 1. The third kappa shape index (κ3) is 3.30. The summed E-state index contributed by atoms with van der Waals surface area (Å²) < 4.78 is 4.65. The molecule has 0 aliphatic carbocycles. The van der Waals surface area contributed by atoms with E-state index in [-0.39, 0.29) is 17.9 Å². The lowest BCUT2D eigenvalue weighted by molar-refractivity contribution is -0.142. The van der Waals surface area contributed by atoms with E-state index in [4.69, 9.17) is 0 Å². The Bertz CT molecular complexity index is 265. The summed E-state index contributed by atoms with van der Waals surface area (Å²) in [6.07, 6.45) is 1.91. The van der Waals surface area contributed by atoms with Gasteiger partial charge in [0, 0.05) is 31.5 Å². The zero-order valence-corrected chi connectivity index (χ0v) is 10.4. The van der Waals surface area contributed by atoms with Gasteiger partial charge in [-0.2, -0.15) is 0 Å². The fourth-order valence-electron chi connectivity index (χ4n) is 2.14. The third-order valence-electron chi connectivity index (χ3n) is 3.36. The van der Waals surface area contributed by atoms with Gasteiger partial charge in [0.1, 0.15) is 5.78 Å². The van der Waals surface area contributed by atoms with Crippen molar-refractivity contribution in [3.05, 3.63) is 0 Å². The standard InChI is InChI=1S/C12H21NO3/c1-4-10-8-13(6-5-11(10)14)9(2)7-12(15)16-3/h9-10H,4-8H2,1-3H3. The number of nitrogens with zero attached hydrogens (tertiary/aromatic N) is 1. The number of ketones is 1.